The highest BCUT2D eigenvalue weighted by atomic mass is 35.5. The van der Waals surface area contributed by atoms with Gasteiger partial charge in [-0.05, 0) is 55.3 Å². The highest BCUT2D eigenvalue weighted by molar-refractivity contribution is 6.36. The number of rotatable bonds is 2. The third kappa shape index (κ3) is 3.28. The van der Waals surface area contributed by atoms with Crippen molar-refractivity contribution in [3.05, 3.63) is 63.1 Å². The Morgan fingerprint density at radius 3 is 2.37 bits per heavy atom. The normalized spacial score (nSPS) is 10.3. The molecular formula is C15H12Cl2O2. The van der Waals surface area contributed by atoms with Gasteiger partial charge in [-0.3, -0.25) is 0 Å². The molecule has 2 rings (SSSR count). The van der Waals surface area contributed by atoms with E-state index >= 15 is 0 Å². The van der Waals surface area contributed by atoms with Gasteiger partial charge in [-0.15, -0.1) is 0 Å². The second kappa shape index (κ2) is 5.64. The van der Waals surface area contributed by atoms with Crippen LogP contribution in [0.25, 0.3) is 0 Å². The molecule has 0 unspecified atom stereocenters. The molecule has 2 aromatic carbocycles. The smallest absolute Gasteiger partial charge is 0.345 e. The molecule has 0 aliphatic heterocycles. The van der Waals surface area contributed by atoms with E-state index in [9.17, 15) is 4.79 Å². The van der Waals surface area contributed by atoms with Gasteiger partial charge in [0, 0.05) is 5.02 Å². The zero-order valence-corrected chi connectivity index (χ0v) is 12.0. The average Bonchev–Trinajstić information content (AvgIpc) is 2.33. The molecule has 0 amide bonds. The zero-order valence-electron chi connectivity index (χ0n) is 10.5. The molecule has 0 aromatic heterocycles. The molecule has 0 atom stereocenters. The summed E-state index contributed by atoms with van der Waals surface area (Å²) in [4.78, 5) is 12.0. The molecule has 0 bridgehead atoms. The molecule has 2 nitrogen and oxygen atoms in total. The number of carbonyl (C=O) groups is 1. The summed E-state index contributed by atoms with van der Waals surface area (Å²) in [5.74, 6) is 0.00374. The molecule has 0 aliphatic carbocycles. The van der Waals surface area contributed by atoms with Crippen molar-refractivity contribution >= 4 is 29.2 Å². The van der Waals surface area contributed by atoms with Crippen molar-refractivity contribution in [2.45, 2.75) is 13.8 Å². The largest absolute Gasteiger partial charge is 0.423 e. The summed E-state index contributed by atoms with van der Waals surface area (Å²) < 4.78 is 5.29. The van der Waals surface area contributed by atoms with E-state index in [2.05, 4.69) is 0 Å². The van der Waals surface area contributed by atoms with Crippen LogP contribution in [0.15, 0.2) is 36.4 Å². The molecule has 4 heteroatoms. The first kappa shape index (κ1) is 13.9. The molecule has 0 aliphatic rings. The molecule has 0 saturated carbocycles. The monoisotopic (exact) mass is 294 g/mol. The lowest BCUT2D eigenvalue weighted by atomic mass is 10.1. The SMILES string of the molecule is Cc1ccc(OC(=O)c2ccc(Cl)cc2Cl)cc1C. The first-order chi connectivity index (χ1) is 8.97. The third-order valence-electron chi connectivity index (χ3n) is 2.84. The number of benzene rings is 2. The molecule has 0 saturated heterocycles. The van der Waals surface area contributed by atoms with Gasteiger partial charge < -0.3 is 4.74 Å². The van der Waals surface area contributed by atoms with E-state index in [0.29, 0.717) is 16.3 Å². The van der Waals surface area contributed by atoms with Gasteiger partial charge in [0.05, 0.1) is 10.6 Å². The Kier molecular flexibility index (Phi) is 4.13. The summed E-state index contributed by atoms with van der Waals surface area (Å²) in [6.45, 7) is 3.96. The van der Waals surface area contributed by atoms with Crippen molar-refractivity contribution in [1.82, 2.24) is 0 Å². The Morgan fingerprint density at radius 1 is 1.00 bits per heavy atom. The van der Waals surface area contributed by atoms with E-state index in [4.69, 9.17) is 27.9 Å². The maximum absolute atomic E-state index is 12.0. The molecule has 0 fully saturated rings. The van der Waals surface area contributed by atoms with Crippen LogP contribution in [0.2, 0.25) is 10.0 Å². The van der Waals surface area contributed by atoms with Gasteiger partial charge in [-0.1, -0.05) is 29.3 Å². The van der Waals surface area contributed by atoms with Crippen molar-refractivity contribution in [2.75, 3.05) is 0 Å². The van der Waals surface area contributed by atoms with Gasteiger partial charge in [-0.25, -0.2) is 4.79 Å². The first-order valence-corrected chi connectivity index (χ1v) is 6.47. The summed E-state index contributed by atoms with van der Waals surface area (Å²) in [5.41, 5.74) is 2.50. The van der Waals surface area contributed by atoms with Crippen molar-refractivity contribution in [1.29, 1.82) is 0 Å². The Balaban J connectivity index is 2.23. The van der Waals surface area contributed by atoms with Gasteiger partial charge in [0.2, 0.25) is 0 Å². The Bertz CT molecular complexity index is 636. The third-order valence-corrected chi connectivity index (χ3v) is 3.39. The number of carbonyl (C=O) groups excluding carboxylic acids is 1. The number of hydrogen-bond donors (Lipinski definition) is 0. The molecule has 19 heavy (non-hydrogen) atoms. The van der Waals surface area contributed by atoms with Crippen LogP contribution in [0.1, 0.15) is 21.5 Å². The van der Waals surface area contributed by atoms with Gasteiger partial charge in [0.15, 0.2) is 0 Å². The lowest BCUT2D eigenvalue weighted by Gasteiger charge is -2.08. The summed E-state index contributed by atoms with van der Waals surface area (Å²) in [5, 5.41) is 0.758. The minimum atomic E-state index is -0.495. The predicted molar refractivity (Wildman–Crippen MR) is 77.3 cm³/mol. The van der Waals surface area contributed by atoms with E-state index in [1.165, 1.54) is 6.07 Å². The maximum atomic E-state index is 12.0. The van der Waals surface area contributed by atoms with Crippen LogP contribution in [0.5, 0.6) is 5.75 Å². The number of aryl methyl sites for hydroxylation is 2. The fourth-order valence-electron chi connectivity index (χ4n) is 1.59. The average molecular weight is 295 g/mol. The second-order valence-electron chi connectivity index (χ2n) is 4.26. The number of hydrogen-bond acceptors (Lipinski definition) is 2. The highest BCUT2D eigenvalue weighted by Gasteiger charge is 2.13. The molecule has 0 heterocycles. The van der Waals surface area contributed by atoms with Crippen LogP contribution < -0.4 is 4.74 Å². The highest BCUT2D eigenvalue weighted by Crippen LogP contribution is 2.23. The minimum Gasteiger partial charge on any atom is -0.423 e. The lowest BCUT2D eigenvalue weighted by molar-refractivity contribution is 0.0735. The van der Waals surface area contributed by atoms with Crippen LogP contribution in [0.4, 0.5) is 0 Å². The number of halogens is 2. The summed E-state index contributed by atoms with van der Waals surface area (Å²) >= 11 is 11.7. The van der Waals surface area contributed by atoms with Crippen molar-refractivity contribution in [3.63, 3.8) is 0 Å². The molecule has 98 valence electrons. The first-order valence-electron chi connectivity index (χ1n) is 5.72. The molecule has 0 spiro atoms. The Hall–Kier alpha value is -1.51. The molecule has 2 aromatic rings. The van der Waals surface area contributed by atoms with Crippen LogP contribution in [0, 0.1) is 13.8 Å². The molecule has 0 N–H and O–H groups in total. The fraction of sp³-hybridized carbons (Fsp3) is 0.133. The fourth-order valence-corrected chi connectivity index (χ4v) is 2.08. The van der Waals surface area contributed by atoms with E-state index in [-0.39, 0.29) is 5.02 Å². The van der Waals surface area contributed by atoms with Crippen LogP contribution in [0.3, 0.4) is 0 Å². The van der Waals surface area contributed by atoms with Crippen LogP contribution in [-0.2, 0) is 0 Å². The second-order valence-corrected chi connectivity index (χ2v) is 5.10. The molecule has 0 radical (unpaired) electrons. The maximum Gasteiger partial charge on any atom is 0.345 e. The summed E-state index contributed by atoms with van der Waals surface area (Å²) in [6.07, 6.45) is 0. The zero-order chi connectivity index (χ0) is 14.0. The van der Waals surface area contributed by atoms with E-state index in [1.807, 2.05) is 26.0 Å². The van der Waals surface area contributed by atoms with E-state index < -0.39 is 5.97 Å². The summed E-state index contributed by atoms with van der Waals surface area (Å²) in [7, 11) is 0. The van der Waals surface area contributed by atoms with Gasteiger partial charge in [0.1, 0.15) is 5.75 Å². The quantitative estimate of drug-likeness (QED) is 0.586. The lowest BCUT2D eigenvalue weighted by Crippen LogP contribution is -2.09. The van der Waals surface area contributed by atoms with Crippen molar-refractivity contribution in [3.8, 4) is 5.75 Å². The number of ether oxygens (including phenoxy) is 1. The molecular weight excluding hydrogens is 283 g/mol. The van der Waals surface area contributed by atoms with Gasteiger partial charge in [0.25, 0.3) is 0 Å². The van der Waals surface area contributed by atoms with Crippen LogP contribution in [-0.4, -0.2) is 5.97 Å². The van der Waals surface area contributed by atoms with Crippen LogP contribution >= 0.6 is 23.2 Å². The predicted octanol–water partition coefficient (Wildman–Crippen LogP) is 4.83. The Morgan fingerprint density at radius 2 is 1.74 bits per heavy atom. The van der Waals surface area contributed by atoms with Gasteiger partial charge >= 0.3 is 5.97 Å². The standard InChI is InChI=1S/C15H12Cl2O2/c1-9-3-5-12(7-10(9)2)19-15(18)13-6-4-11(16)8-14(13)17/h3-8H,1-2H3. The van der Waals surface area contributed by atoms with E-state index in [0.717, 1.165) is 11.1 Å². The number of esters is 1. The minimum absolute atomic E-state index is 0.279. The van der Waals surface area contributed by atoms with Gasteiger partial charge in [-0.2, -0.15) is 0 Å². The van der Waals surface area contributed by atoms with E-state index in [1.54, 1.807) is 18.2 Å². The van der Waals surface area contributed by atoms with Crippen molar-refractivity contribution in [2.24, 2.45) is 0 Å². The Labute approximate surface area is 121 Å². The van der Waals surface area contributed by atoms with Crippen molar-refractivity contribution < 1.29 is 9.53 Å². The summed E-state index contributed by atoms with van der Waals surface area (Å²) in [6, 6.07) is 10.1. The topological polar surface area (TPSA) is 26.3 Å².